The molecule has 4 aromatic rings. The van der Waals surface area contributed by atoms with Gasteiger partial charge in [-0.2, -0.15) is 0 Å². The first-order valence-corrected chi connectivity index (χ1v) is 18.1. The van der Waals surface area contributed by atoms with Crippen molar-refractivity contribution in [3.8, 4) is 11.5 Å². The summed E-state index contributed by atoms with van der Waals surface area (Å²) in [7, 11) is 0. The molecule has 4 aromatic carbocycles. The largest absolute Gasteiger partial charge is 0.508 e. The molecule has 2 aliphatic heterocycles. The average molecular weight is 826 g/mol. The van der Waals surface area contributed by atoms with E-state index in [2.05, 4.69) is 35.9 Å². The van der Waals surface area contributed by atoms with Gasteiger partial charge in [0.15, 0.2) is 0 Å². The molecule has 0 aliphatic carbocycles. The summed E-state index contributed by atoms with van der Waals surface area (Å²) in [5.41, 5.74) is 6.43. The number of halogens is 1. The quantitative estimate of drug-likeness (QED) is 0.156. The van der Waals surface area contributed by atoms with Crippen molar-refractivity contribution in [3.63, 3.8) is 0 Å². The molecule has 6 rings (SSSR count). The predicted octanol–water partition coefficient (Wildman–Crippen LogP) is 9.48. The molecule has 11 heteroatoms. The van der Waals surface area contributed by atoms with Gasteiger partial charge in [0.2, 0.25) is 0 Å². The summed E-state index contributed by atoms with van der Waals surface area (Å²) in [6.07, 6.45) is 0. The number of aryl methyl sites for hydroxylation is 2. The predicted molar refractivity (Wildman–Crippen MR) is 235 cm³/mol. The minimum atomic E-state index is -0.276. The van der Waals surface area contributed by atoms with Crippen LogP contribution in [0.15, 0.2) is 89.4 Å². The molecular weight excluding hydrogens is 760 g/mol. The van der Waals surface area contributed by atoms with E-state index in [1.807, 2.05) is 93.6 Å². The lowest BCUT2D eigenvalue weighted by atomic mass is 10.1. The second-order valence-corrected chi connectivity index (χ2v) is 13.1. The molecule has 0 bridgehead atoms. The normalized spacial score (nSPS) is 13.0. The molecule has 10 nitrogen and oxygen atoms in total. The fourth-order valence-corrected chi connectivity index (χ4v) is 6.12. The highest BCUT2D eigenvalue weighted by molar-refractivity contribution is 9.10. The van der Waals surface area contributed by atoms with Crippen LogP contribution in [0, 0.1) is 13.8 Å². The SMILES string of the molecule is C.C.C.C.CCOC(=O)c1ccc(N2CCN(c3ccc(O)c(C)c3)CC2)cc1.CCOC(=O)c1ccc(N2CCNCC2)cc1.Cc1cc(Br)ccc1O. The Morgan fingerprint density at radius 2 is 0.945 bits per heavy atom. The first-order chi connectivity index (χ1) is 24.6. The van der Waals surface area contributed by atoms with Gasteiger partial charge in [-0.1, -0.05) is 45.6 Å². The summed E-state index contributed by atoms with van der Waals surface area (Å²) in [6, 6.07) is 26.3. The molecule has 2 aliphatic rings. The Kier molecular flexibility index (Phi) is 23.2. The molecule has 3 N–H and O–H groups in total. The van der Waals surface area contributed by atoms with Crippen LogP contribution in [0.4, 0.5) is 17.1 Å². The summed E-state index contributed by atoms with van der Waals surface area (Å²) >= 11 is 3.29. The molecular formula is C44H65BrN4O6. The number of phenols is 2. The Hall–Kier alpha value is -4.74. The minimum Gasteiger partial charge on any atom is -0.508 e. The lowest BCUT2D eigenvalue weighted by Gasteiger charge is -2.37. The summed E-state index contributed by atoms with van der Waals surface area (Å²) in [6.45, 7) is 15.9. The number of phenolic OH excluding ortho intramolecular Hbond substituents is 2. The zero-order valence-electron chi connectivity index (χ0n) is 29.9. The van der Waals surface area contributed by atoms with Crippen LogP contribution in [-0.4, -0.2) is 87.7 Å². The molecule has 2 saturated heterocycles. The number of rotatable bonds is 7. The maximum Gasteiger partial charge on any atom is 0.338 e. The Labute approximate surface area is 339 Å². The zero-order chi connectivity index (χ0) is 36.8. The van der Waals surface area contributed by atoms with E-state index in [1.165, 1.54) is 5.69 Å². The van der Waals surface area contributed by atoms with Crippen LogP contribution in [0.5, 0.6) is 11.5 Å². The summed E-state index contributed by atoms with van der Waals surface area (Å²) in [4.78, 5) is 30.2. The van der Waals surface area contributed by atoms with Crippen molar-refractivity contribution in [2.75, 3.05) is 80.3 Å². The van der Waals surface area contributed by atoms with Crippen molar-refractivity contribution < 1.29 is 29.3 Å². The number of carbonyl (C=O) groups is 2. The van der Waals surface area contributed by atoms with Crippen LogP contribution < -0.4 is 20.0 Å². The van der Waals surface area contributed by atoms with Gasteiger partial charge < -0.3 is 39.7 Å². The summed E-state index contributed by atoms with van der Waals surface area (Å²) in [5.74, 6) is 0.156. The maximum absolute atomic E-state index is 11.7. The number of nitrogens with one attached hydrogen (secondary N) is 1. The van der Waals surface area contributed by atoms with Gasteiger partial charge in [-0.25, -0.2) is 9.59 Å². The molecule has 0 saturated carbocycles. The number of carbonyl (C=O) groups excluding carboxylic acids is 2. The number of ether oxygens (including phenoxy) is 2. The highest BCUT2D eigenvalue weighted by atomic mass is 79.9. The van der Waals surface area contributed by atoms with Gasteiger partial charge in [-0.05, 0) is 124 Å². The van der Waals surface area contributed by atoms with Crippen LogP contribution in [0.1, 0.15) is 75.4 Å². The number of anilines is 3. The molecule has 0 aromatic heterocycles. The van der Waals surface area contributed by atoms with Crippen molar-refractivity contribution in [1.29, 1.82) is 0 Å². The van der Waals surface area contributed by atoms with E-state index < -0.39 is 0 Å². The van der Waals surface area contributed by atoms with Crippen molar-refractivity contribution in [2.45, 2.75) is 57.4 Å². The second-order valence-electron chi connectivity index (χ2n) is 12.1. The van der Waals surface area contributed by atoms with Crippen molar-refractivity contribution in [3.05, 3.63) is 112 Å². The third-order valence-electron chi connectivity index (χ3n) is 8.59. The lowest BCUT2D eigenvalue weighted by Crippen LogP contribution is -2.46. The van der Waals surface area contributed by atoms with E-state index in [4.69, 9.17) is 14.6 Å². The zero-order valence-corrected chi connectivity index (χ0v) is 31.5. The molecule has 0 radical (unpaired) electrons. The number of benzene rings is 4. The number of piperazine rings is 2. The molecule has 2 heterocycles. The van der Waals surface area contributed by atoms with E-state index >= 15 is 0 Å². The summed E-state index contributed by atoms with van der Waals surface area (Å²) < 4.78 is 11.0. The van der Waals surface area contributed by atoms with E-state index in [0.29, 0.717) is 35.8 Å². The molecule has 304 valence electrons. The molecule has 55 heavy (non-hydrogen) atoms. The number of hydrogen-bond donors (Lipinski definition) is 3. The smallest absolute Gasteiger partial charge is 0.338 e. The van der Waals surface area contributed by atoms with Gasteiger partial charge in [0.25, 0.3) is 0 Å². The van der Waals surface area contributed by atoms with Crippen molar-refractivity contribution in [2.24, 2.45) is 0 Å². The van der Waals surface area contributed by atoms with E-state index in [0.717, 1.165) is 79.3 Å². The van der Waals surface area contributed by atoms with Crippen LogP contribution in [0.3, 0.4) is 0 Å². The van der Waals surface area contributed by atoms with E-state index in [9.17, 15) is 14.7 Å². The van der Waals surface area contributed by atoms with Crippen LogP contribution >= 0.6 is 15.9 Å². The van der Waals surface area contributed by atoms with Gasteiger partial charge >= 0.3 is 11.9 Å². The number of nitrogens with zero attached hydrogens (tertiary/aromatic N) is 3. The van der Waals surface area contributed by atoms with E-state index in [-0.39, 0.29) is 41.6 Å². The third kappa shape index (κ3) is 15.1. The van der Waals surface area contributed by atoms with Crippen LogP contribution in [-0.2, 0) is 9.47 Å². The van der Waals surface area contributed by atoms with Gasteiger partial charge in [0.1, 0.15) is 11.5 Å². The van der Waals surface area contributed by atoms with Gasteiger partial charge in [-0.3, -0.25) is 0 Å². The highest BCUT2D eigenvalue weighted by Gasteiger charge is 2.19. The van der Waals surface area contributed by atoms with Gasteiger partial charge in [-0.15, -0.1) is 0 Å². The maximum atomic E-state index is 11.7. The Morgan fingerprint density at radius 3 is 1.33 bits per heavy atom. The number of esters is 2. The number of hydrogen-bond acceptors (Lipinski definition) is 10. The Morgan fingerprint density at radius 1 is 0.582 bits per heavy atom. The van der Waals surface area contributed by atoms with Gasteiger partial charge in [0, 0.05) is 73.9 Å². The van der Waals surface area contributed by atoms with Gasteiger partial charge in [0.05, 0.1) is 24.3 Å². The van der Waals surface area contributed by atoms with Crippen LogP contribution in [0.2, 0.25) is 0 Å². The second kappa shape index (κ2) is 25.4. The van der Waals surface area contributed by atoms with Crippen molar-refractivity contribution >= 4 is 44.9 Å². The van der Waals surface area contributed by atoms with E-state index in [1.54, 1.807) is 19.1 Å². The fourth-order valence-electron chi connectivity index (χ4n) is 5.65. The third-order valence-corrected chi connectivity index (χ3v) is 9.08. The monoisotopic (exact) mass is 824 g/mol. The fraction of sp³-hybridized carbons (Fsp3) is 0.409. The molecule has 0 amide bonds. The Bertz CT molecular complexity index is 1700. The molecule has 0 atom stereocenters. The number of aromatic hydroxyl groups is 2. The molecule has 2 fully saturated rings. The Balaban J connectivity index is 0.000000847. The van der Waals surface area contributed by atoms with Crippen LogP contribution in [0.25, 0.3) is 0 Å². The van der Waals surface area contributed by atoms with Crippen molar-refractivity contribution in [1.82, 2.24) is 5.32 Å². The lowest BCUT2D eigenvalue weighted by molar-refractivity contribution is 0.0517. The topological polar surface area (TPSA) is 115 Å². The summed E-state index contributed by atoms with van der Waals surface area (Å²) in [5, 5.41) is 22.0. The molecule has 0 spiro atoms. The standard InChI is InChI=1S/C20H24N2O3.C13H18N2O2.C7H7BrO.4CH4/c1-3-25-20(24)16-4-6-17(7-5-16)21-10-12-22(13-11-21)18-8-9-19(23)15(2)14-18;1-2-17-13(16)11-3-5-12(6-4-11)15-9-7-14-8-10-15;1-5-4-6(8)2-3-7(5)9;;;;/h4-9,14,23H,3,10-13H2,1-2H3;3-6,14H,2,7-10H2,1H3;2-4,9H,1H3;4*1H4. The average Bonchev–Trinajstić information content (AvgIpc) is 3.16. The minimum absolute atomic E-state index is 0. The first kappa shape index (κ1) is 50.3. The highest BCUT2D eigenvalue weighted by Crippen LogP contribution is 2.26. The first-order valence-electron chi connectivity index (χ1n) is 17.3. The molecule has 0 unspecified atom stereocenters.